The molecular weight excluding hydrogens is 344 g/mol. The number of ether oxygens (including phenoxy) is 1. The first-order valence-corrected chi connectivity index (χ1v) is 8.74. The average molecular weight is 368 g/mol. The lowest BCUT2D eigenvalue weighted by Crippen LogP contribution is -2.22. The number of rotatable bonds is 7. The maximum Gasteiger partial charge on any atom is 0.306 e. The van der Waals surface area contributed by atoms with Crippen LogP contribution in [0.1, 0.15) is 29.5 Å². The molecule has 0 aliphatic rings. The number of carbonyl (C=O) groups excluding carboxylic acids is 3. The van der Waals surface area contributed by atoms with E-state index in [2.05, 4.69) is 10.6 Å². The van der Waals surface area contributed by atoms with Crippen LogP contribution in [0.4, 0.5) is 11.4 Å². The van der Waals surface area contributed by atoms with Gasteiger partial charge < -0.3 is 15.4 Å². The van der Waals surface area contributed by atoms with Crippen LogP contribution in [0.25, 0.3) is 0 Å². The van der Waals surface area contributed by atoms with E-state index in [-0.39, 0.29) is 25.4 Å². The maximum absolute atomic E-state index is 12.0. The van der Waals surface area contributed by atoms with Crippen LogP contribution in [0, 0.1) is 20.8 Å². The minimum atomic E-state index is -0.591. The Morgan fingerprint density at radius 1 is 0.778 bits per heavy atom. The van der Waals surface area contributed by atoms with Gasteiger partial charge in [-0.1, -0.05) is 36.4 Å². The monoisotopic (exact) mass is 368 g/mol. The van der Waals surface area contributed by atoms with E-state index in [4.69, 9.17) is 4.74 Å². The second-order valence-electron chi connectivity index (χ2n) is 6.34. The third-order valence-corrected chi connectivity index (χ3v) is 4.09. The van der Waals surface area contributed by atoms with Crippen molar-refractivity contribution in [3.8, 4) is 0 Å². The molecule has 0 bridgehead atoms. The molecule has 2 amide bonds. The van der Waals surface area contributed by atoms with Crippen molar-refractivity contribution in [2.45, 2.75) is 33.6 Å². The van der Waals surface area contributed by atoms with Crippen molar-refractivity contribution in [2.75, 3.05) is 17.2 Å². The third kappa shape index (κ3) is 6.26. The third-order valence-electron chi connectivity index (χ3n) is 4.09. The Balaban J connectivity index is 1.73. The molecule has 27 heavy (non-hydrogen) atoms. The minimum Gasteiger partial charge on any atom is -0.456 e. The van der Waals surface area contributed by atoms with Gasteiger partial charge in [0, 0.05) is 17.8 Å². The number of nitrogens with one attached hydrogen (secondary N) is 2. The number of amides is 2. The molecule has 0 aliphatic heterocycles. The molecule has 0 saturated carbocycles. The van der Waals surface area contributed by atoms with E-state index < -0.39 is 11.9 Å². The molecule has 0 fully saturated rings. The van der Waals surface area contributed by atoms with Gasteiger partial charge in [0.05, 0.1) is 6.42 Å². The topological polar surface area (TPSA) is 84.5 Å². The van der Waals surface area contributed by atoms with Gasteiger partial charge in [-0.25, -0.2) is 0 Å². The number of aryl methyl sites for hydroxylation is 3. The van der Waals surface area contributed by atoms with Crippen molar-refractivity contribution in [2.24, 2.45) is 0 Å². The second-order valence-corrected chi connectivity index (χ2v) is 6.34. The lowest BCUT2D eigenvalue weighted by molar-refractivity contribution is -0.147. The summed E-state index contributed by atoms with van der Waals surface area (Å²) >= 11 is 0. The predicted molar refractivity (Wildman–Crippen MR) is 105 cm³/mol. The summed E-state index contributed by atoms with van der Waals surface area (Å²) in [6.07, 6.45) is -0.0968. The van der Waals surface area contributed by atoms with Crippen LogP contribution < -0.4 is 10.6 Å². The van der Waals surface area contributed by atoms with Gasteiger partial charge in [0.1, 0.15) is 0 Å². The van der Waals surface area contributed by atoms with E-state index in [1.807, 2.05) is 57.2 Å². The standard InChI is InChI=1S/C21H24N2O4/c1-14-7-4-5-10-17(14)22-19(25)13-27-20(26)12-11-18(24)23-21-15(2)8-6-9-16(21)3/h4-10H,11-13H2,1-3H3,(H,22,25)(H,23,24). The SMILES string of the molecule is Cc1ccccc1NC(=O)COC(=O)CCC(=O)Nc1c(C)cccc1C. The number of para-hydroxylation sites is 2. The van der Waals surface area contributed by atoms with E-state index in [1.54, 1.807) is 6.07 Å². The first-order chi connectivity index (χ1) is 12.9. The molecule has 0 spiro atoms. The molecule has 2 aromatic carbocycles. The fourth-order valence-corrected chi connectivity index (χ4v) is 2.55. The number of benzene rings is 2. The van der Waals surface area contributed by atoms with Gasteiger partial charge in [-0.15, -0.1) is 0 Å². The Kier molecular flexibility index (Phi) is 7.11. The highest BCUT2D eigenvalue weighted by molar-refractivity contribution is 5.95. The Labute approximate surface area is 158 Å². The Hall–Kier alpha value is -3.15. The van der Waals surface area contributed by atoms with Crippen molar-refractivity contribution in [1.82, 2.24) is 0 Å². The normalized spacial score (nSPS) is 10.2. The van der Waals surface area contributed by atoms with Crippen molar-refractivity contribution in [3.63, 3.8) is 0 Å². The summed E-state index contributed by atoms with van der Waals surface area (Å²) in [5, 5.41) is 5.49. The van der Waals surface area contributed by atoms with Crippen LogP contribution in [0.2, 0.25) is 0 Å². The molecule has 6 nitrogen and oxygen atoms in total. The van der Waals surface area contributed by atoms with E-state index in [0.29, 0.717) is 5.69 Å². The summed E-state index contributed by atoms with van der Waals surface area (Å²) in [6, 6.07) is 13.1. The molecule has 6 heteroatoms. The summed E-state index contributed by atoms with van der Waals surface area (Å²) < 4.78 is 4.93. The number of hydrogen-bond acceptors (Lipinski definition) is 4. The summed E-state index contributed by atoms with van der Waals surface area (Å²) in [6.45, 7) is 5.30. The highest BCUT2D eigenvalue weighted by atomic mass is 16.5. The molecule has 0 saturated heterocycles. The molecule has 0 radical (unpaired) electrons. The van der Waals surface area contributed by atoms with Crippen LogP contribution in [-0.4, -0.2) is 24.4 Å². The van der Waals surface area contributed by atoms with Crippen LogP contribution in [0.3, 0.4) is 0 Å². The molecule has 2 aromatic rings. The van der Waals surface area contributed by atoms with Gasteiger partial charge in [0.2, 0.25) is 5.91 Å². The van der Waals surface area contributed by atoms with Crippen LogP contribution in [0.15, 0.2) is 42.5 Å². The number of carbonyl (C=O) groups is 3. The van der Waals surface area contributed by atoms with Gasteiger partial charge in [-0.05, 0) is 43.5 Å². The van der Waals surface area contributed by atoms with Gasteiger partial charge in [0.15, 0.2) is 6.61 Å². The van der Waals surface area contributed by atoms with E-state index >= 15 is 0 Å². The maximum atomic E-state index is 12.0. The van der Waals surface area contributed by atoms with Gasteiger partial charge in [-0.3, -0.25) is 14.4 Å². The molecule has 0 heterocycles. The van der Waals surface area contributed by atoms with Gasteiger partial charge in [0.25, 0.3) is 5.91 Å². The predicted octanol–water partition coefficient (Wildman–Crippen LogP) is 3.51. The zero-order chi connectivity index (χ0) is 19.8. The van der Waals surface area contributed by atoms with E-state index in [0.717, 1.165) is 22.4 Å². The number of hydrogen-bond donors (Lipinski definition) is 2. The van der Waals surface area contributed by atoms with Crippen LogP contribution in [0.5, 0.6) is 0 Å². The average Bonchev–Trinajstić information content (AvgIpc) is 2.63. The Bertz CT molecular complexity index is 826. The molecular formula is C21H24N2O4. The summed E-state index contributed by atoms with van der Waals surface area (Å²) in [5.74, 6) is -1.28. The van der Waals surface area contributed by atoms with E-state index in [1.165, 1.54) is 0 Å². The Morgan fingerprint density at radius 3 is 2.07 bits per heavy atom. The number of anilines is 2. The molecule has 0 unspecified atom stereocenters. The zero-order valence-corrected chi connectivity index (χ0v) is 15.8. The molecule has 0 aromatic heterocycles. The van der Waals surface area contributed by atoms with Crippen LogP contribution >= 0.6 is 0 Å². The fraction of sp³-hybridized carbons (Fsp3) is 0.286. The zero-order valence-electron chi connectivity index (χ0n) is 15.8. The Morgan fingerprint density at radius 2 is 1.41 bits per heavy atom. The molecule has 2 rings (SSSR count). The van der Waals surface area contributed by atoms with Crippen molar-refractivity contribution in [1.29, 1.82) is 0 Å². The quantitative estimate of drug-likeness (QED) is 0.733. The smallest absolute Gasteiger partial charge is 0.306 e. The highest BCUT2D eigenvalue weighted by Crippen LogP contribution is 2.19. The minimum absolute atomic E-state index is 0.00792. The van der Waals surface area contributed by atoms with Crippen LogP contribution in [-0.2, 0) is 19.1 Å². The van der Waals surface area contributed by atoms with Crippen molar-refractivity contribution < 1.29 is 19.1 Å². The van der Waals surface area contributed by atoms with Gasteiger partial charge >= 0.3 is 5.97 Å². The van der Waals surface area contributed by atoms with Gasteiger partial charge in [-0.2, -0.15) is 0 Å². The summed E-state index contributed by atoms with van der Waals surface area (Å²) in [7, 11) is 0. The van der Waals surface area contributed by atoms with E-state index in [9.17, 15) is 14.4 Å². The lowest BCUT2D eigenvalue weighted by Gasteiger charge is -2.11. The molecule has 2 N–H and O–H groups in total. The largest absolute Gasteiger partial charge is 0.456 e. The molecule has 0 aliphatic carbocycles. The fourth-order valence-electron chi connectivity index (χ4n) is 2.55. The lowest BCUT2D eigenvalue weighted by atomic mass is 10.1. The summed E-state index contributed by atoms with van der Waals surface area (Å²) in [4.78, 5) is 35.7. The summed E-state index contributed by atoms with van der Waals surface area (Å²) in [5.41, 5.74) is 4.26. The van der Waals surface area contributed by atoms with Crippen molar-refractivity contribution in [3.05, 3.63) is 59.2 Å². The first-order valence-electron chi connectivity index (χ1n) is 8.74. The molecule has 0 atom stereocenters. The molecule has 142 valence electrons. The first kappa shape index (κ1) is 20.2. The van der Waals surface area contributed by atoms with Crippen molar-refractivity contribution >= 4 is 29.2 Å². The number of esters is 1. The highest BCUT2D eigenvalue weighted by Gasteiger charge is 2.12. The second kappa shape index (κ2) is 9.52.